The fourth-order valence-corrected chi connectivity index (χ4v) is 3.44. The molecule has 0 radical (unpaired) electrons. The summed E-state index contributed by atoms with van der Waals surface area (Å²) in [6.07, 6.45) is 1.74. The SMILES string of the molecule is CCc1ccc(N(C(C)=O)c2nc(COc3ccc(C=O)cc3)cs2)cc1. The number of ether oxygens (including phenoxy) is 1. The molecular weight excluding hydrogens is 360 g/mol. The summed E-state index contributed by atoms with van der Waals surface area (Å²) in [5, 5.41) is 2.49. The van der Waals surface area contributed by atoms with E-state index in [0.717, 1.165) is 24.1 Å². The van der Waals surface area contributed by atoms with Gasteiger partial charge in [0.15, 0.2) is 5.13 Å². The van der Waals surface area contributed by atoms with Crippen LogP contribution in [0.5, 0.6) is 5.75 Å². The van der Waals surface area contributed by atoms with E-state index in [9.17, 15) is 9.59 Å². The van der Waals surface area contributed by atoms with Crippen LogP contribution in [-0.2, 0) is 17.8 Å². The molecule has 0 saturated carbocycles. The highest BCUT2D eigenvalue weighted by atomic mass is 32.1. The first-order valence-corrected chi connectivity index (χ1v) is 9.50. The summed E-state index contributed by atoms with van der Waals surface area (Å²) in [4.78, 5) is 29.0. The molecule has 0 aliphatic rings. The van der Waals surface area contributed by atoms with Gasteiger partial charge in [0.05, 0.1) is 11.4 Å². The van der Waals surface area contributed by atoms with Crippen LogP contribution in [0.1, 0.15) is 35.5 Å². The number of thiazole rings is 1. The fourth-order valence-electron chi connectivity index (χ4n) is 2.57. The zero-order valence-corrected chi connectivity index (χ0v) is 16.0. The van der Waals surface area contributed by atoms with Crippen molar-refractivity contribution >= 4 is 34.3 Å². The molecule has 0 bridgehead atoms. The third-order valence-corrected chi connectivity index (χ3v) is 4.93. The highest BCUT2D eigenvalue weighted by Gasteiger charge is 2.18. The van der Waals surface area contributed by atoms with Gasteiger partial charge < -0.3 is 4.74 Å². The van der Waals surface area contributed by atoms with Gasteiger partial charge in [-0.05, 0) is 48.4 Å². The maximum absolute atomic E-state index is 12.2. The van der Waals surface area contributed by atoms with Crippen molar-refractivity contribution in [1.29, 1.82) is 0 Å². The predicted octanol–water partition coefficient (Wildman–Crippen LogP) is 4.78. The number of amides is 1. The lowest BCUT2D eigenvalue weighted by atomic mass is 10.1. The minimum absolute atomic E-state index is 0.0921. The summed E-state index contributed by atoms with van der Waals surface area (Å²) in [5.41, 5.74) is 3.36. The molecule has 0 unspecified atom stereocenters. The van der Waals surface area contributed by atoms with Gasteiger partial charge in [0.25, 0.3) is 0 Å². The van der Waals surface area contributed by atoms with Crippen LogP contribution in [-0.4, -0.2) is 17.2 Å². The number of hydrogen-bond donors (Lipinski definition) is 0. The monoisotopic (exact) mass is 380 g/mol. The van der Waals surface area contributed by atoms with Gasteiger partial charge >= 0.3 is 0 Å². The Morgan fingerprint density at radius 3 is 2.44 bits per heavy atom. The van der Waals surface area contributed by atoms with Gasteiger partial charge in [0.2, 0.25) is 5.91 Å². The molecule has 0 atom stereocenters. The maximum Gasteiger partial charge on any atom is 0.230 e. The minimum Gasteiger partial charge on any atom is -0.487 e. The van der Waals surface area contributed by atoms with Gasteiger partial charge in [-0.2, -0.15) is 0 Å². The Labute approximate surface area is 162 Å². The molecule has 3 aromatic rings. The number of aldehydes is 1. The van der Waals surface area contributed by atoms with E-state index >= 15 is 0 Å². The highest BCUT2D eigenvalue weighted by Crippen LogP contribution is 2.29. The summed E-state index contributed by atoms with van der Waals surface area (Å²) in [7, 11) is 0. The Morgan fingerprint density at radius 2 is 1.85 bits per heavy atom. The second-order valence-electron chi connectivity index (χ2n) is 5.97. The number of carbonyl (C=O) groups is 2. The molecule has 27 heavy (non-hydrogen) atoms. The molecule has 3 rings (SSSR count). The summed E-state index contributed by atoms with van der Waals surface area (Å²) in [6, 6.07) is 14.8. The van der Waals surface area contributed by atoms with Crippen molar-refractivity contribution < 1.29 is 14.3 Å². The standard InChI is InChI=1S/C21H20N2O3S/c1-3-16-4-8-19(9-5-16)23(15(2)25)21-22-18(14-27-21)13-26-20-10-6-17(12-24)7-11-20/h4-12,14H,3,13H2,1-2H3. The molecule has 1 heterocycles. The molecule has 6 heteroatoms. The molecule has 0 fully saturated rings. The van der Waals surface area contributed by atoms with Crippen LogP contribution in [0.4, 0.5) is 10.8 Å². The number of aromatic nitrogens is 1. The van der Waals surface area contributed by atoms with Gasteiger partial charge in [0, 0.05) is 17.9 Å². The van der Waals surface area contributed by atoms with Crippen LogP contribution in [0.3, 0.4) is 0 Å². The zero-order valence-electron chi connectivity index (χ0n) is 15.2. The highest BCUT2D eigenvalue weighted by molar-refractivity contribution is 7.14. The van der Waals surface area contributed by atoms with Crippen molar-refractivity contribution in [3.63, 3.8) is 0 Å². The third-order valence-electron chi connectivity index (χ3n) is 4.05. The number of nitrogens with zero attached hydrogens (tertiary/aromatic N) is 2. The van der Waals surface area contributed by atoms with Crippen LogP contribution in [0, 0.1) is 0 Å². The molecule has 0 aliphatic heterocycles. The molecule has 1 aromatic heterocycles. The lowest BCUT2D eigenvalue weighted by Crippen LogP contribution is -2.22. The molecule has 138 valence electrons. The normalized spacial score (nSPS) is 10.4. The topological polar surface area (TPSA) is 59.5 Å². The summed E-state index contributed by atoms with van der Waals surface area (Å²) >= 11 is 1.40. The average molecular weight is 380 g/mol. The third kappa shape index (κ3) is 4.60. The Hall–Kier alpha value is -2.99. The molecule has 1 amide bonds. The smallest absolute Gasteiger partial charge is 0.230 e. The Bertz CT molecular complexity index is 917. The van der Waals surface area contributed by atoms with Gasteiger partial charge in [-0.15, -0.1) is 11.3 Å². The minimum atomic E-state index is -0.0921. The average Bonchev–Trinajstić information content (AvgIpc) is 3.15. The lowest BCUT2D eigenvalue weighted by molar-refractivity contribution is -0.115. The fraction of sp³-hybridized carbons (Fsp3) is 0.190. The van der Waals surface area contributed by atoms with Crippen molar-refractivity contribution in [3.05, 3.63) is 70.7 Å². The van der Waals surface area contributed by atoms with Gasteiger partial charge in [-0.1, -0.05) is 19.1 Å². The quantitative estimate of drug-likeness (QED) is 0.554. The zero-order chi connectivity index (χ0) is 19.2. The lowest BCUT2D eigenvalue weighted by Gasteiger charge is -2.18. The molecule has 5 nitrogen and oxygen atoms in total. The van der Waals surface area contributed by atoms with Crippen LogP contribution < -0.4 is 9.64 Å². The van der Waals surface area contributed by atoms with Crippen LogP contribution in [0.2, 0.25) is 0 Å². The molecule has 0 aliphatic carbocycles. The largest absolute Gasteiger partial charge is 0.487 e. The Morgan fingerprint density at radius 1 is 1.15 bits per heavy atom. The van der Waals surface area contributed by atoms with E-state index in [0.29, 0.717) is 16.4 Å². The number of aryl methyl sites for hydroxylation is 1. The van der Waals surface area contributed by atoms with Gasteiger partial charge in [-0.25, -0.2) is 4.98 Å². The van der Waals surface area contributed by atoms with Crippen molar-refractivity contribution in [2.75, 3.05) is 4.90 Å². The van der Waals surface area contributed by atoms with Crippen LogP contribution in [0.25, 0.3) is 0 Å². The van der Waals surface area contributed by atoms with E-state index in [1.165, 1.54) is 23.8 Å². The van der Waals surface area contributed by atoms with E-state index in [1.54, 1.807) is 29.2 Å². The number of rotatable bonds is 7. The molecule has 0 spiro atoms. The van der Waals surface area contributed by atoms with E-state index in [2.05, 4.69) is 11.9 Å². The Kier molecular flexibility index (Phi) is 5.98. The summed E-state index contributed by atoms with van der Waals surface area (Å²) in [6.45, 7) is 3.91. The maximum atomic E-state index is 12.2. The van der Waals surface area contributed by atoms with Crippen molar-refractivity contribution in [1.82, 2.24) is 4.98 Å². The first-order valence-electron chi connectivity index (χ1n) is 8.62. The Balaban J connectivity index is 1.73. The van der Waals surface area contributed by atoms with Crippen LogP contribution >= 0.6 is 11.3 Å². The van der Waals surface area contributed by atoms with Gasteiger partial charge in [0.1, 0.15) is 18.6 Å². The molecule has 2 aromatic carbocycles. The van der Waals surface area contributed by atoms with Crippen molar-refractivity contribution in [2.45, 2.75) is 26.9 Å². The summed E-state index contributed by atoms with van der Waals surface area (Å²) in [5.74, 6) is 0.569. The number of hydrogen-bond acceptors (Lipinski definition) is 5. The van der Waals surface area contributed by atoms with E-state index in [4.69, 9.17) is 4.74 Å². The molecule has 0 N–H and O–H groups in total. The number of benzene rings is 2. The number of carbonyl (C=O) groups excluding carboxylic acids is 2. The van der Waals surface area contributed by atoms with Crippen LogP contribution in [0.15, 0.2) is 53.9 Å². The predicted molar refractivity (Wildman–Crippen MR) is 107 cm³/mol. The van der Waals surface area contributed by atoms with E-state index in [-0.39, 0.29) is 12.5 Å². The second-order valence-corrected chi connectivity index (χ2v) is 6.81. The first kappa shape index (κ1) is 18.8. The molecular formula is C21H20N2O3S. The summed E-state index contributed by atoms with van der Waals surface area (Å²) < 4.78 is 5.71. The second kappa shape index (κ2) is 8.60. The van der Waals surface area contributed by atoms with Crippen molar-refractivity contribution in [3.8, 4) is 5.75 Å². The molecule has 0 saturated heterocycles. The number of anilines is 2. The van der Waals surface area contributed by atoms with Crippen molar-refractivity contribution in [2.24, 2.45) is 0 Å². The van der Waals surface area contributed by atoms with E-state index in [1.807, 2.05) is 29.6 Å². The van der Waals surface area contributed by atoms with E-state index < -0.39 is 0 Å². The first-order chi connectivity index (χ1) is 13.1. The van der Waals surface area contributed by atoms with Gasteiger partial charge in [-0.3, -0.25) is 14.5 Å².